The van der Waals surface area contributed by atoms with Crippen LogP contribution in [0.3, 0.4) is 0 Å². The van der Waals surface area contributed by atoms with Crippen molar-refractivity contribution in [3.05, 3.63) is 63.2 Å². The number of benzene rings is 1. The van der Waals surface area contributed by atoms with Gasteiger partial charge in [0.25, 0.3) is 5.91 Å². The van der Waals surface area contributed by atoms with Crippen molar-refractivity contribution < 1.29 is 9.21 Å². The lowest BCUT2D eigenvalue weighted by molar-refractivity contribution is 0.0779. The largest absolute Gasteiger partial charge is 0.422 e. The van der Waals surface area contributed by atoms with Crippen LogP contribution in [0.5, 0.6) is 0 Å². The van der Waals surface area contributed by atoms with Crippen LogP contribution in [-0.4, -0.2) is 28.1 Å². The van der Waals surface area contributed by atoms with Crippen LogP contribution in [0.15, 0.2) is 45.7 Å². The first-order valence-electron chi connectivity index (χ1n) is 6.52. The SMILES string of the molecule is CN(Cc1ccn[nH]1)C(=O)c1cc2cc(Cl)ccc2oc1=O. The number of H-pyrrole nitrogens is 1. The van der Waals surface area contributed by atoms with Crippen molar-refractivity contribution >= 4 is 28.5 Å². The fourth-order valence-electron chi connectivity index (χ4n) is 2.15. The molecule has 0 radical (unpaired) electrons. The summed E-state index contributed by atoms with van der Waals surface area (Å²) in [6.07, 6.45) is 1.60. The molecule has 0 spiro atoms. The predicted molar refractivity (Wildman–Crippen MR) is 81.9 cm³/mol. The lowest BCUT2D eigenvalue weighted by atomic mass is 10.1. The van der Waals surface area contributed by atoms with Gasteiger partial charge >= 0.3 is 5.63 Å². The summed E-state index contributed by atoms with van der Waals surface area (Å²) in [5.74, 6) is -0.426. The number of hydrogen-bond donors (Lipinski definition) is 1. The molecule has 2 aromatic heterocycles. The molecule has 3 rings (SSSR count). The molecular weight excluding hydrogens is 306 g/mol. The minimum Gasteiger partial charge on any atom is -0.422 e. The van der Waals surface area contributed by atoms with Crippen LogP contribution < -0.4 is 5.63 Å². The van der Waals surface area contributed by atoms with E-state index in [1.54, 1.807) is 37.5 Å². The number of aromatic amines is 1. The Labute approximate surface area is 130 Å². The van der Waals surface area contributed by atoms with Crippen LogP contribution in [0.4, 0.5) is 0 Å². The van der Waals surface area contributed by atoms with E-state index in [4.69, 9.17) is 16.0 Å². The zero-order chi connectivity index (χ0) is 15.7. The summed E-state index contributed by atoms with van der Waals surface area (Å²) in [4.78, 5) is 25.8. The highest BCUT2D eigenvalue weighted by Gasteiger charge is 2.18. The molecule has 22 heavy (non-hydrogen) atoms. The smallest absolute Gasteiger partial charge is 0.349 e. The fraction of sp³-hybridized carbons (Fsp3) is 0.133. The molecule has 0 unspecified atom stereocenters. The summed E-state index contributed by atoms with van der Waals surface area (Å²) in [5, 5.41) is 7.69. The second-order valence-corrected chi connectivity index (χ2v) is 5.31. The molecule has 7 heteroatoms. The van der Waals surface area contributed by atoms with E-state index in [0.29, 0.717) is 22.5 Å². The molecule has 1 amide bonds. The maximum atomic E-state index is 12.4. The Morgan fingerprint density at radius 2 is 2.18 bits per heavy atom. The zero-order valence-electron chi connectivity index (χ0n) is 11.7. The Bertz CT molecular complexity index is 887. The van der Waals surface area contributed by atoms with Gasteiger partial charge in [-0.2, -0.15) is 5.10 Å². The van der Waals surface area contributed by atoms with E-state index in [1.165, 1.54) is 11.0 Å². The Balaban J connectivity index is 1.96. The van der Waals surface area contributed by atoms with Crippen molar-refractivity contribution in [3.63, 3.8) is 0 Å². The van der Waals surface area contributed by atoms with E-state index >= 15 is 0 Å². The van der Waals surface area contributed by atoms with E-state index in [1.807, 2.05) is 0 Å². The highest BCUT2D eigenvalue weighted by atomic mass is 35.5. The lowest BCUT2D eigenvalue weighted by Crippen LogP contribution is -2.30. The molecule has 1 N–H and O–H groups in total. The van der Waals surface area contributed by atoms with Gasteiger partial charge in [0.15, 0.2) is 0 Å². The van der Waals surface area contributed by atoms with Crippen molar-refractivity contribution in [1.82, 2.24) is 15.1 Å². The monoisotopic (exact) mass is 317 g/mol. The normalized spacial score (nSPS) is 10.8. The average Bonchev–Trinajstić information content (AvgIpc) is 2.99. The van der Waals surface area contributed by atoms with Gasteiger partial charge in [0.2, 0.25) is 0 Å². The van der Waals surface area contributed by atoms with Gasteiger partial charge in [0.1, 0.15) is 11.1 Å². The average molecular weight is 318 g/mol. The number of aromatic nitrogens is 2. The molecule has 0 fully saturated rings. The Kier molecular flexibility index (Phi) is 3.68. The van der Waals surface area contributed by atoms with Crippen molar-refractivity contribution in [2.45, 2.75) is 6.54 Å². The van der Waals surface area contributed by atoms with E-state index in [2.05, 4.69) is 10.2 Å². The molecule has 6 nitrogen and oxygen atoms in total. The van der Waals surface area contributed by atoms with Crippen molar-refractivity contribution in [1.29, 1.82) is 0 Å². The Hall–Kier alpha value is -2.60. The Morgan fingerprint density at radius 3 is 2.91 bits per heavy atom. The number of nitrogens with one attached hydrogen (secondary N) is 1. The number of fused-ring (bicyclic) bond motifs is 1. The molecule has 1 aromatic carbocycles. The third-order valence-corrected chi connectivity index (χ3v) is 3.47. The number of carbonyl (C=O) groups is 1. The van der Waals surface area contributed by atoms with E-state index in [9.17, 15) is 9.59 Å². The molecule has 0 atom stereocenters. The van der Waals surface area contributed by atoms with Gasteiger partial charge in [-0.3, -0.25) is 9.89 Å². The quantitative estimate of drug-likeness (QED) is 0.752. The summed E-state index contributed by atoms with van der Waals surface area (Å²) in [5.41, 5.74) is 0.458. The predicted octanol–water partition coefficient (Wildman–Crippen LogP) is 2.44. The standard InChI is InChI=1S/C15H12ClN3O3/c1-19(8-11-4-5-17-18-11)14(20)12-7-9-6-10(16)2-3-13(9)22-15(12)21/h2-7H,8H2,1H3,(H,17,18). The maximum absolute atomic E-state index is 12.4. The van der Waals surface area contributed by atoms with E-state index < -0.39 is 11.5 Å². The second-order valence-electron chi connectivity index (χ2n) is 4.87. The highest BCUT2D eigenvalue weighted by Crippen LogP contribution is 2.19. The minimum atomic E-state index is -0.670. The third-order valence-electron chi connectivity index (χ3n) is 3.24. The molecule has 0 aliphatic rings. The summed E-state index contributed by atoms with van der Waals surface area (Å²) in [6, 6.07) is 8.12. The van der Waals surface area contributed by atoms with Gasteiger partial charge in [-0.1, -0.05) is 11.6 Å². The molecule has 112 valence electrons. The summed E-state index contributed by atoms with van der Waals surface area (Å²) in [7, 11) is 1.60. The molecule has 3 aromatic rings. The van der Waals surface area contributed by atoms with Crippen LogP contribution >= 0.6 is 11.6 Å². The number of hydrogen-bond acceptors (Lipinski definition) is 4. The first-order valence-corrected chi connectivity index (χ1v) is 6.89. The van der Waals surface area contributed by atoms with Gasteiger partial charge < -0.3 is 9.32 Å². The minimum absolute atomic E-state index is 0.0308. The topological polar surface area (TPSA) is 79.2 Å². The first kappa shape index (κ1) is 14.3. The number of rotatable bonds is 3. The summed E-state index contributed by atoms with van der Waals surface area (Å²) in [6.45, 7) is 0.311. The van der Waals surface area contributed by atoms with Crippen LogP contribution in [0.1, 0.15) is 16.1 Å². The van der Waals surface area contributed by atoms with Gasteiger partial charge in [-0.25, -0.2) is 4.79 Å². The van der Waals surface area contributed by atoms with Crippen molar-refractivity contribution in [2.24, 2.45) is 0 Å². The van der Waals surface area contributed by atoms with Crippen LogP contribution in [0.2, 0.25) is 5.02 Å². The maximum Gasteiger partial charge on any atom is 0.349 e. The van der Waals surface area contributed by atoms with Gasteiger partial charge in [-0.15, -0.1) is 0 Å². The number of halogens is 1. The first-order chi connectivity index (χ1) is 10.5. The fourth-order valence-corrected chi connectivity index (χ4v) is 2.33. The van der Waals surface area contributed by atoms with Crippen LogP contribution in [0, 0.1) is 0 Å². The van der Waals surface area contributed by atoms with Crippen molar-refractivity contribution in [2.75, 3.05) is 7.05 Å². The molecule has 0 saturated heterocycles. The number of amides is 1. The molecule has 0 saturated carbocycles. The number of carbonyl (C=O) groups excluding carboxylic acids is 1. The van der Waals surface area contributed by atoms with Crippen LogP contribution in [0.25, 0.3) is 11.0 Å². The van der Waals surface area contributed by atoms with Gasteiger partial charge in [0, 0.05) is 23.7 Å². The zero-order valence-corrected chi connectivity index (χ0v) is 12.4. The van der Waals surface area contributed by atoms with Gasteiger partial charge in [-0.05, 0) is 30.3 Å². The van der Waals surface area contributed by atoms with Crippen LogP contribution in [-0.2, 0) is 6.54 Å². The second kappa shape index (κ2) is 5.65. The molecule has 0 bridgehead atoms. The van der Waals surface area contributed by atoms with Crippen molar-refractivity contribution in [3.8, 4) is 0 Å². The lowest BCUT2D eigenvalue weighted by Gasteiger charge is -2.15. The highest BCUT2D eigenvalue weighted by molar-refractivity contribution is 6.31. The van der Waals surface area contributed by atoms with E-state index in [0.717, 1.165) is 5.69 Å². The Morgan fingerprint density at radius 1 is 1.36 bits per heavy atom. The molecule has 0 aliphatic carbocycles. The van der Waals surface area contributed by atoms with E-state index in [-0.39, 0.29) is 5.56 Å². The molecule has 2 heterocycles. The third kappa shape index (κ3) is 2.73. The summed E-state index contributed by atoms with van der Waals surface area (Å²) >= 11 is 5.92. The molecule has 0 aliphatic heterocycles. The van der Waals surface area contributed by atoms with Gasteiger partial charge in [0.05, 0.1) is 12.2 Å². The molecular formula is C15H12ClN3O3. The summed E-state index contributed by atoms with van der Waals surface area (Å²) < 4.78 is 5.17. The number of nitrogens with zero attached hydrogens (tertiary/aromatic N) is 2.